The lowest BCUT2D eigenvalue weighted by Crippen LogP contribution is -2.17. The zero-order chi connectivity index (χ0) is 16.1. The van der Waals surface area contributed by atoms with E-state index in [9.17, 15) is 14.4 Å². The maximum atomic E-state index is 11.9. The molecule has 7 heteroatoms. The van der Waals surface area contributed by atoms with Crippen molar-refractivity contribution in [1.29, 1.82) is 0 Å². The Bertz CT molecular complexity index is 634. The van der Waals surface area contributed by atoms with E-state index in [0.29, 0.717) is 10.6 Å². The predicted octanol–water partition coefficient (Wildman–Crippen LogP) is 1.78. The molecule has 0 unspecified atom stereocenters. The summed E-state index contributed by atoms with van der Waals surface area (Å²) in [4.78, 5) is 35.8. The third-order valence-corrected chi connectivity index (χ3v) is 4.52. The van der Waals surface area contributed by atoms with Crippen LogP contribution in [-0.2, 0) is 27.2 Å². The lowest BCUT2D eigenvalue weighted by molar-refractivity contribution is -0.137. The van der Waals surface area contributed by atoms with Gasteiger partial charge in [0.1, 0.15) is 5.00 Å². The van der Waals surface area contributed by atoms with Gasteiger partial charge in [0, 0.05) is 17.0 Å². The van der Waals surface area contributed by atoms with Gasteiger partial charge < -0.3 is 15.8 Å². The summed E-state index contributed by atoms with van der Waals surface area (Å²) in [6.07, 6.45) is 5.92. The molecule has 0 saturated carbocycles. The second-order valence-electron chi connectivity index (χ2n) is 4.85. The molecule has 0 bridgehead atoms. The maximum Gasteiger partial charge on any atom is 0.330 e. The molecule has 6 nitrogen and oxygen atoms in total. The number of hydrogen-bond donors (Lipinski definition) is 2. The van der Waals surface area contributed by atoms with Gasteiger partial charge >= 0.3 is 5.97 Å². The molecule has 0 fully saturated rings. The first-order chi connectivity index (χ1) is 10.5. The normalized spacial score (nSPS) is 13.7. The molecule has 1 aromatic heterocycles. The molecular formula is C15H18N2O4S. The van der Waals surface area contributed by atoms with E-state index in [4.69, 9.17) is 10.5 Å². The Morgan fingerprint density at radius 3 is 2.68 bits per heavy atom. The monoisotopic (exact) mass is 322 g/mol. The van der Waals surface area contributed by atoms with Crippen LogP contribution in [0.4, 0.5) is 5.00 Å². The zero-order valence-corrected chi connectivity index (χ0v) is 13.1. The number of amides is 2. The molecule has 2 amide bonds. The van der Waals surface area contributed by atoms with Crippen molar-refractivity contribution in [3.8, 4) is 0 Å². The largest absolute Gasteiger partial charge is 0.463 e. The number of anilines is 1. The van der Waals surface area contributed by atoms with Gasteiger partial charge in [0.05, 0.1) is 12.2 Å². The minimum Gasteiger partial charge on any atom is -0.463 e. The maximum absolute atomic E-state index is 11.9. The highest BCUT2D eigenvalue weighted by atomic mass is 32.1. The van der Waals surface area contributed by atoms with Gasteiger partial charge in [0.2, 0.25) is 5.91 Å². The average molecular weight is 322 g/mol. The van der Waals surface area contributed by atoms with Crippen LogP contribution in [0.15, 0.2) is 12.2 Å². The van der Waals surface area contributed by atoms with Crippen molar-refractivity contribution in [3.63, 3.8) is 0 Å². The number of esters is 1. The summed E-state index contributed by atoms with van der Waals surface area (Å²) in [6.45, 7) is 1.93. The topological polar surface area (TPSA) is 98.5 Å². The van der Waals surface area contributed by atoms with E-state index >= 15 is 0 Å². The number of hydrogen-bond acceptors (Lipinski definition) is 5. The van der Waals surface area contributed by atoms with Crippen molar-refractivity contribution in [3.05, 3.63) is 28.2 Å². The van der Waals surface area contributed by atoms with Crippen LogP contribution in [0.2, 0.25) is 0 Å². The molecule has 1 aliphatic carbocycles. The van der Waals surface area contributed by atoms with E-state index in [1.807, 2.05) is 0 Å². The molecular weight excluding hydrogens is 304 g/mol. The molecule has 1 heterocycles. The number of thiophene rings is 1. The fourth-order valence-electron chi connectivity index (χ4n) is 2.40. The van der Waals surface area contributed by atoms with Crippen LogP contribution in [0.3, 0.4) is 0 Å². The van der Waals surface area contributed by atoms with E-state index in [1.165, 1.54) is 11.3 Å². The summed E-state index contributed by atoms with van der Waals surface area (Å²) in [7, 11) is 0. The quantitative estimate of drug-likeness (QED) is 0.637. The van der Waals surface area contributed by atoms with Crippen LogP contribution in [0, 0.1) is 0 Å². The molecule has 22 heavy (non-hydrogen) atoms. The van der Waals surface area contributed by atoms with Gasteiger partial charge in [-0.05, 0) is 38.2 Å². The molecule has 3 N–H and O–H groups in total. The fraction of sp³-hybridized carbons (Fsp3) is 0.400. The Labute approximate surface area is 132 Å². The van der Waals surface area contributed by atoms with Crippen LogP contribution in [0.5, 0.6) is 0 Å². The highest BCUT2D eigenvalue weighted by Gasteiger charge is 2.24. The van der Waals surface area contributed by atoms with Crippen molar-refractivity contribution < 1.29 is 19.1 Å². The van der Waals surface area contributed by atoms with Crippen LogP contribution in [-0.4, -0.2) is 24.4 Å². The summed E-state index contributed by atoms with van der Waals surface area (Å²) in [5.41, 5.74) is 6.80. The summed E-state index contributed by atoms with van der Waals surface area (Å²) in [5.74, 6) is -1.61. The first-order valence-corrected chi connectivity index (χ1v) is 7.94. The number of nitrogens with two attached hydrogens (primary N) is 1. The predicted molar refractivity (Wildman–Crippen MR) is 83.9 cm³/mol. The van der Waals surface area contributed by atoms with Crippen LogP contribution >= 0.6 is 11.3 Å². The van der Waals surface area contributed by atoms with Crippen LogP contribution < -0.4 is 11.1 Å². The minimum atomic E-state index is -0.585. The first kappa shape index (κ1) is 16.2. The third-order valence-electron chi connectivity index (χ3n) is 3.31. The van der Waals surface area contributed by atoms with Crippen molar-refractivity contribution in [2.24, 2.45) is 5.73 Å². The van der Waals surface area contributed by atoms with E-state index in [0.717, 1.165) is 48.3 Å². The van der Waals surface area contributed by atoms with E-state index in [-0.39, 0.29) is 6.61 Å². The number of nitrogens with one attached hydrogen (secondary N) is 1. The molecule has 0 atom stereocenters. The lowest BCUT2D eigenvalue weighted by atomic mass is 9.95. The van der Waals surface area contributed by atoms with Gasteiger partial charge in [0.25, 0.3) is 5.91 Å². The van der Waals surface area contributed by atoms with Gasteiger partial charge in [-0.3, -0.25) is 9.59 Å². The van der Waals surface area contributed by atoms with Gasteiger partial charge in [0.15, 0.2) is 0 Å². The Kier molecular flexibility index (Phi) is 5.32. The molecule has 1 aliphatic rings. The summed E-state index contributed by atoms with van der Waals surface area (Å²) in [5, 5.41) is 3.09. The zero-order valence-electron chi connectivity index (χ0n) is 12.3. The SMILES string of the molecule is CCOC(=O)C=CC(=O)Nc1sc2c(c1C(N)=O)CCCC2. The minimum absolute atomic E-state index is 0.244. The smallest absolute Gasteiger partial charge is 0.330 e. The second kappa shape index (κ2) is 7.22. The molecule has 0 radical (unpaired) electrons. The van der Waals surface area contributed by atoms with Crippen molar-refractivity contribution in [2.45, 2.75) is 32.6 Å². The Morgan fingerprint density at radius 1 is 1.27 bits per heavy atom. The number of ether oxygens (including phenoxy) is 1. The molecule has 0 spiro atoms. The molecule has 1 aromatic rings. The highest BCUT2D eigenvalue weighted by Crippen LogP contribution is 2.37. The van der Waals surface area contributed by atoms with E-state index in [2.05, 4.69) is 5.32 Å². The van der Waals surface area contributed by atoms with Crippen LogP contribution in [0.25, 0.3) is 0 Å². The number of carbonyl (C=O) groups is 3. The first-order valence-electron chi connectivity index (χ1n) is 7.13. The van der Waals surface area contributed by atoms with Gasteiger partial charge in [-0.25, -0.2) is 4.79 Å². The van der Waals surface area contributed by atoms with E-state index < -0.39 is 17.8 Å². The number of carbonyl (C=O) groups excluding carboxylic acids is 3. The van der Waals surface area contributed by atoms with Crippen molar-refractivity contribution >= 4 is 34.1 Å². The number of aryl methyl sites for hydroxylation is 1. The summed E-state index contributed by atoms with van der Waals surface area (Å²) in [6, 6.07) is 0. The third kappa shape index (κ3) is 3.73. The van der Waals surface area contributed by atoms with E-state index in [1.54, 1.807) is 6.92 Å². The highest BCUT2D eigenvalue weighted by molar-refractivity contribution is 7.17. The summed E-state index contributed by atoms with van der Waals surface area (Å²) >= 11 is 1.38. The molecule has 0 aromatic carbocycles. The average Bonchev–Trinajstić information content (AvgIpc) is 2.83. The summed E-state index contributed by atoms with van der Waals surface area (Å²) < 4.78 is 4.69. The Hall–Kier alpha value is -2.15. The standard InChI is InChI=1S/C15H18N2O4S/c1-2-21-12(19)8-7-11(18)17-15-13(14(16)20)9-5-3-4-6-10(9)22-15/h7-8H,2-6H2,1H3,(H2,16,20)(H,17,18). The van der Waals surface area contributed by atoms with Gasteiger partial charge in [-0.2, -0.15) is 0 Å². The van der Waals surface area contributed by atoms with Gasteiger partial charge in [-0.15, -0.1) is 11.3 Å². The van der Waals surface area contributed by atoms with Crippen LogP contribution in [0.1, 0.15) is 40.6 Å². The van der Waals surface area contributed by atoms with Crippen molar-refractivity contribution in [1.82, 2.24) is 0 Å². The lowest BCUT2D eigenvalue weighted by Gasteiger charge is -2.11. The number of primary amides is 1. The molecule has 0 aliphatic heterocycles. The number of rotatable bonds is 5. The Balaban J connectivity index is 2.15. The molecule has 0 saturated heterocycles. The number of fused-ring (bicyclic) bond motifs is 1. The molecule has 2 rings (SSSR count). The van der Waals surface area contributed by atoms with Crippen molar-refractivity contribution in [2.75, 3.05) is 11.9 Å². The second-order valence-corrected chi connectivity index (χ2v) is 5.96. The Morgan fingerprint density at radius 2 is 2.00 bits per heavy atom. The fourth-order valence-corrected chi connectivity index (χ4v) is 3.70. The van der Waals surface area contributed by atoms with Gasteiger partial charge in [-0.1, -0.05) is 0 Å². The molecule has 118 valence electrons.